The molecule has 6 nitrogen and oxygen atoms in total. The highest BCUT2D eigenvalue weighted by atomic mass is 32.2. The fourth-order valence-corrected chi connectivity index (χ4v) is 3.37. The monoisotopic (exact) mass is 301 g/mol. The molecule has 0 amide bonds. The first kappa shape index (κ1) is 17.0. The molecule has 0 aromatic carbocycles. The van der Waals surface area contributed by atoms with Crippen LogP contribution in [0.5, 0.6) is 0 Å². The highest BCUT2D eigenvalue weighted by Crippen LogP contribution is 2.18. The molecule has 1 aromatic heterocycles. The zero-order chi connectivity index (χ0) is 15.2. The lowest BCUT2D eigenvalue weighted by Gasteiger charge is -2.26. The van der Waals surface area contributed by atoms with Gasteiger partial charge in [0, 0.05) is 32.4 Å². The summed E-state index contributed by atoms with van der Waals surface area (Å²) in [6.07, 6.45) is 2.22. The summed E-state index contributed by atoms with van der Waals surface area (Å²) >= 11 is 0. The van der Waals surface area contributed by atoms with Crippen molar-refractivity contribution in [2.75, 3.05) is 20.3 Å². The molecule has 0 fully saturated rings. The predicted molar refractivity (Wildman–Crippen MR) is 77.6 cm³/mol. The number of ether oxygens (including phenoxy) is 1. The van der Waals surface area contributed by atoms with Gasteiger partial charge in [-0.05, 0) is 25.0 Å². The van der Waals surface area contributed by atoms with Crippen LogP contribution < -0.4 is 5.73 Å². The molecular weight excluding hydrogens is 278 g/mol. The van der Waals surface area contributed by atoms with Gasteiger partial charge in [-0.2, -0.15) is 4.31 Å². The molecule has 1 aromatic rings. The van der Waals surface area contributed by atoms with Gasteiger partial charge in [0.15, 0.2) is 5.03 Å². The first-order valence-corrected chi connectivity index (χ1v) is 8.07. The zero-order valence-corrected chi connectivity index (χ0v) is 13.1. The molecule has 1 atom stereocenters. The Kier molecular flexibility index (Phi) is 6.54. The Balaban J connectivity index is 3.07. The third kappa shape index (κ3) is 3.99. The number of rotatable bonds is 8. The molecule has 0 bridgehead atoms. The molecule has 114 valence electrons. The molecule has 1 rings (SSSR count). The Morgan fingerprint density at radius 3 is 2.60 bits per heavy atom. The Morgan fingerprint density at radius 1 is 1.45 bits per heavy atom. The standard InChI is InChI=1S/C13H23N3O3S/c1-4-11(2)16(7-8-19-3)20(17,18)13-6-5-12(9-14)10-15-13/h5-6,10-11H,4,7-9,14H2,1-3H3. The lowest BCUT2D eigenvalue weighted by molar-refractivity contribution is 0.167. The second kappa shape index (κ2) is 7.68. The number of pyridine rings is 1. The highest BCUT2D eigenvalue weighted by Gasteiger charge is 2.28. The van der Waals surface area contributed by atoms with Crippen LogP contribution in [0.1, 0.15) is 25.8 Å². The minimum absolute atomic E-state index is 0.0473. The van der Waals surface area contributed by atoms with E-state index in [1.807, 2.05) is 13.8 Å². The SMILES string of the molecule is CCC(C)N(CCOC)S(=O)(=O)c1ccc(CN)cn1. The third-order valence-corrected chi connectivity index (χ3v) is 5.13. The fourth-order valence-electron chi connectivity index (χ4n) is 1.77. The van der Waals surface area contributed by atoms with Gasteiger partial charge < -0.3 is 10.5 Å². The van der Waals surface area contributed by atoms with Gasteiger partial charge in [0.05, 0.1) is 6.61 Å². The van der Waals surface area contributed by atoms with Crippen molar-refractivity contribution in [3.8, 4) is 0 Å². The quantitative estimate of drug-likeness (QED) is 0.773. The van der Waals surface area contributed by atoms with Gasteiger partial charge in [0.1, 0.15) is 0 Å². The van der Waals surface area contributed by atoms with E-state index in [4.69, 9.17) is 10.5 Å². The molecule has 0 aliphatic carbocycles. The number of hydrogen-bond donors (Lipinski definition) is 1. The van der Waals surface area contributed by atoms with E-state index in [1.165, 1.54) is 16.6 Å². The summed E-state index contributed by atoms with van der Waals surface area (Å²) in [5, 5.41) is 0.0473. The molecule has 1 heterocycles. The van der Waals surface area contributed by atoms with Crippen LogP contribution in [0, 0.1) is 0 Å². The van der Waals surface area contributed by atoms with Gasteiger partial charge in [-0.1, -0.05) is 13.0 Å². The number of nitrogens with zero attached hydrogens (tertiary/aromatic N) is 2. The van der Waals surface area contributed by atoms with Crippen molar-refractivity contribution in [2.45, 2.75) is 37.9 Å². The maximum Gasteiger partial charge on any atom is 0.260 e. The van der Waals surface area contributed by atoms with E-state index in [0.29, 0.717) is 19.7 Å². The molecule has 0 aliphatic heterocycles. The van der Waals surface area contributed by atoms with E-state index in [9.17, 15) is 8.42 Å². The second-order valence-electron chi connectivity index (χ2n) is 4.57. The third-order valence-electron chi connectivity index (χ3n) is 3.20. The smallest absolute Gasteiger partial charge is 0.260 e. The van der Waals surface area contributed by atoms with Crippen molar-refractivity contribution >= 4 is 10.0 Å². The molecule has 20 heavy (non-hydrogen) atoms. The molecule has 0 aliphatic rings. The first-order valence-electron chi connectivity index (χ1n) is 6.63. The van der Waals surface area contributed by atoms with Gasteiger partial charge in [-0.3, -0.25) is 0 Å². The van der Waals surface area contributed by atoms with Gasteiger partial charge >= 0.3 is 0 Å². The maximum atomic E-state index is 12.6. The molecule has 2 N–H and O–H groups in total. The largest absolute Gasteiger partial charge is 0.383 e. The van der Waals surface area contributed by atoms with Crippen LogP contribution in [0.4, 0.5) is 0 Å². The Bertz CT molecular complexity index is 502. The van der Waals surface area contributed by atoms with E-state index in [0.717, 1.165) is 12.0 Å². The average Bonchev–Trinajstić information content (AvgIpc) is 2.47. The van der Waals surface area contributed by atoms with Crippen molar-refractivity contribution in [3.63, 3.8) is 0 Å². The van der Waals surface area contributed by atoms with E-state index in [2.05, 4.69) is 4.98 Å². The van der Waals surface area contributed by atoms with Gasteiger partial charge in [0.25, 0.3) is 10.0 Å². The summed E-state index contributed by atoms with van der Waals surface area (Å²) in [4.78, 5) is 4.02. The summed E-state index contributed by atoms with van der Waals surface area (Å²) in [6, 6.07) is 3.08. The topological polar surface area (TPSA) is 85.5 Å². The van der Waals surface area contributed by atoms with E-state index in [-0.39, 0.29) is 11.1 Å². The molecule has 1 unspecified atom stereocenters. The number of nitrogens with two attached hydrogens (primary N) is 1. The lowest BCUT2D eigenvalue weighted by atomic mass is 10.3. The molecule has 7 heteroatoms. The molecule has 0 saturated heterocycles. The molecular formula is C13H23N3O3S. The Labute approximate surface area is 121 Å². The summed E-state index contributed by atoms with van der Waals surface area (Å²) < 4.78 is 31.7. The fraction of sp³-hybridized carbons (Fsp3) is 0.615. The van der Waals surface area contributed by atoms with Gasteiger partial charge in [-0.15, -0.1) is 0 Å². The summed E-state index contributed by atoms with van der Waals surface area (Å²) in [5.41, 5.74) is 6.29. The maximum absolute atomic E-state index is 12.6. The van der Waals surface area contributed by atoms with Crippen LogP contribution in [0.3, 0.4) is 0 Å². The van der Waals surface area contributed by atoms with Crippen LogP contribution in [-0.2, 0) is 21.3 Å². The van der Waals surface area contributed by atoms with Gasteiger partial charge in [0.2, 0.25) is 0 Å². The van der Waals surface area contributed by atoms with Crippen molar-refractivity contribution in [2.24, 2.45) is 5.73 Å². The normalized spacial score (nSPS) is 13.7. The number of sulfonamides is 1. The highest BCUT2D eigenvalue weighted by molar-refractivity contribution is 7.89. The van der Waals surface area contributed by atoms with E-state index in [1.54, 1.807) is 13.2 Å². The number of methoxy groups -OCH3 is 1. The van der Waals surface area contributed by atoms with Crippen molar-refractivity contribution in [1.29, 1.82) is 0 Å². The first-order chi connectivity index (χ1) is 9.47. The Morgan fingerprint density at radius 2 is 2.15 bits per heavy atom. The minimum Gasteiger partial charge on any atom is -0.383 e. The van der Waals surface area contributed by atoms with Gasteiger partial charge in [-0.25, -0.2) is 13.4 Å². The molecule has 0 spiro atoms. The number of hydrogen-bond acceptors (Lipinski definition) is 5. The van der Waals surface area contributed by atoms with Crippen LogP contribution in [0.15, 0.2) is 23.4 Å². The number of aromatic nitrogens is 1. The predicted octanol–water partition coefficient (Wildman–Crippen LogP) is 0.976. The van der Waals surface area contributed by atoms with Crippen LogP contribution in [-0.4, -0.2) is 44.0 Å². The summed E-state index contributed by atoms with van der Waals surface area (Å²) in [7, 11) is -2.06. The Hall–Kier alpha value is -1.02. The summed E-state index contributed by atoms with van der Waals surface area (Å²) in [6.45, 7) is 4.83. The molecule has 0 saturated carbocycles. The zero-order valence-electron chi connectivity index (χ0n) is 12.2. The minimum atomic E-state index is -3.61. The van der Waals surface area contributed by atoms with Crippen LogP contribution >= 0.6 is 0 Å². The van der Waals surface area contributed by atoms with E-state index < -0.39 is 10.0 Å². The van der Waals surface area contributed by atoms with E-state index >= 15 is 0 Å². The average molecular weight is 301 g/mol. The van der Waals surface area contributed by atoms with Crippen molar-refractivity contribution in [3.05, 3.63) is 23.9 Å². The van der Waals surface area contributed by atoms with Crippen molar-refractivity contribution in [1.82, 2.24) is 9.29 Å². The summed E-state index contributed by atoms with van der Waals surface area (Å²) in [5.74, 6) is 0. The van der Waals surface area contributed by atoms with Crippen molar-refractivity contribution < 1.29 is 13.2 Å². The van der Waals surface area contributed by atoms with Crippen LogP contribution in [0.2, 0.25) is 0 Å². The second-order valence-corrected chi connectivity index (χ2v) is 6.41. The molecule has 0 radical (unpaired) electrons. The van der Waals surface area contributed by atoms with Crippen LogP contribution in [0.25, 0.3) is 0 Å². The lowest BCUT2D eigenvalue weighted by Crippen LogP contribution is -2.40.